The van der Waals surface area contributed by atoms with Gasteiger partial charge in [-0.15, -0.1) is 0 Å². The van der Waals surface area contributed by atoms with Gasteiger partial charge >= 0.3 is 75.5 Å². The van der Waals surface area contributed by atoms with Crippen LogP contribution in [-0.2, 0) is 0 Å². The van der Waals surface area contributed by atoms with E-state index in [2.05, 4.69) is 47.5 Å². The molecule has 0 aromatic rings. The molecule has 5 nitrogen and oxygen atoms in total. The summed E-state index contributed by atoms with van der Waals surface area (Å²) >= 11 is 15.5. The standard InChI is InChI=1S/BrHO.2Ca.4ClO/c1-2;;;4*1-2/h2H;;;;;;/q;2*+2;4*-1. The van der Waals surface area contributed by atoms with Gasteiger partial charge in [0.05, 0.1) is 16.3 Å². The number of halogens is 5. The minimum atomic E-state index is 0. The molecule has 70 valence electrons. The van der Waals surface area contributed by atoms with Crippen LogP contribution in [0.1, 0.15) is 0 Å². The van der Waals surface area contributed by atoms with Crippen LogP contribution in [0, 0.1) is 0 Å². The third kappa shape index (κ3) is 150. The zero-order chi connectivity index (χ0) is 10.0. The normalized spacial score (nSPS) is 2.50. The van der Waals surface area contributed by atoms with Crippen molar-refractivity contribution in [1.82, 2.24) is 0 Å². The van der Waals surface area contributed by atoms with Crippen LogP contribution in [0.2, 0.25) is 0 Å². The molecule has 0 aliphatic rings. The van der Waals surface area contributed by atoms with Crippen molar-refractivity contribution in [1.29, 1.82) is 0 Å². The Labute approximate surface area is 159 Å². The molecule has 0 rings (SSSR count). The van der Waals surface area contributed by atoms with Gasteiger partial charge in [-0.25, -0.2) is 47.5 Å². The van der Waals surface area contributed by atoms with E-state index in [1.807, 2.05) is 16.3 Å². The van der Waals surface area contributed by atoms with E-state index in [1.54, 1.807) is 0 Å². The van der Waals surface area contributed by atoms with Gasteiger partial charge in [-0.3, -0.25) is 0 Å². The molecule has 0 radical (unpaired) electrons. The van der Waals surface area contributed by atoms with E-state index in [1.165, 1.54) is 0 Å². The fourth-order valence-electron chi connectivity index (χ4n) is 0. The summed E-state index contributed by atoms with van der Waals surface area (Å²) in [7, 11) is 0. The van der Waals surface area contributed by atoms with Crippen molar-refractivity contribution in [2.75, 3.05) is 0 Å². The van der Waals surface area contributed by atoms with E-state index < -0.39 is 0 Å². The van der Waals surface area contributed by atoms with E-state index in [9.17, 15) is 0 Å². The van der Waals surface area contributed by atoms with Crippen LogP contribution in [0.3, 0.4) is 0 Å². The average molecular weight is 383 g/mol. The monoisotopic (exact) mass is 380 g/mol. The Hall–Kier alpha value is 3.96. The molecule has 1 N–H and O–H groups in total. The summed E-state index contributed by atoms with van der Waals surface area (Å²) in [4.78, 5) is 0. The van der Waals surface area contributed by atoms with Gasteiger partial charge < -0.3 is 22.8 Å². The van der Waals surface area contributed by atoms with Crippen molar-refractivity contribution >= 4 is 139 Å². The maximum absolute atomic E-state index is 7.72. The number of hydrogen-bond donors (Lipinski definition) is 1. The summed E-state index contributed by atoms with van der Waals surface area (Å²) in [5.41, 5.74) is 0. The predicted molar refractivity (Wildman–Crippen MR) is 46.1 cm³/mol. The minimum Gasteiger partial charge on any atom is -0.769 e. The van der Waals surface area contributed by atoms with Crippen molar-refractivity contribution in [3.05, 3.63) is 0 Å². The molecule has 0 unspecified atom stereocenters. The molecule has 0 saturated heterocycles. The summed E-state index contributed by atoms with van der Waals surface area (Å²) in [5.74, 6) is 0. The molecule has 12 heteroatoms. The molecule has 0 atom stereocenters. The Morgan fingerprint density at radius 2 is 0.583 bits per heavy atom. The summed E-state index contributed by atoms with van der Waals surface area (Å²) in [5, 5.41) is 0. The van der Waals surface area contributed by atoms with Crippen molar-refractivity contribution in [2.45, 2.75) is 0 Å². The van der Waals surface area contributed by atoms with Crippen LogP contribution in [0.5, 0.6) is 0 Å². The first-order valence-corrected chi connectivity index (χ1v) is 2.73. The first-order valence-electron chi connectivity index (χ1n) is 0.786. The van der Waals surface area contributed by atoms with Gasteiger partial charge in [0, 0.05) is 0 Å². The van der Waals surface area contributed by atoms with Crippen molar-refractivity contribution in [2.24, 2.45) is 0 Å². The quantitative estimate of drug-likeness (QED) is 0.466. The smallest absolute Gasteiger partial charge is 0.769 e. The molecule has 0 aromatic heterocycles. The maximum atomic E-state index is 7.72. The van der Waals surface area contributed by atoms with E-state index in [0.717, 1.165) is 0 Å². The van der Waals surface area contributed by atoms with Crippen molar-refractivity contribution in [3.8, 4) is 0 Å². The molecule has 0 aliphatic carbocycles. The molecule has 0 fully saturated rings. The van der Waals surface area contributed by atoms with Crippen LogP contribution < -0.4 is 18.6 Å². The molecule has 0 amide bonds. The first kappa shape index (κ1) is 44.5. The Bertz CT molecular complexity index is 21.4. The van der Waals surface area contributed by atoms with Crippen LogP contribution in [0.15, 0.2) is 0 Å². The summed E-state index contributed by atoms with van der Waals surface area (Å²) in [6, 6.07) is 0. The Balaban J connectivity index is -0.00000000500. The molecule has 12 heavy (non-hydrogen) atoms. The van der Waals surface area contributed by atoms with Crippen LogP contribution >= 0.6 is 63.7 Å². The van der Waals surface area contributed by atoms with Gasteiger partial charge in [0.25, 0.3) is 0 Å². The predicted octanol–water partition coefficient (Wildman–Crippen LogP) is -2.47. The molecule has 0 aliphatic heterocycles. The third-order valence-electron chi connectivity index (χ3n) is 0. The molecule has 0 bridgehead atoms. The van der Waals surface area contributed by atoms with Gasteiger partial charge in [-0.05, 0) is 0 Å². The summed E-state index contributed by atoms with van der Waals surface area (Å²) in [6.07, 6.45) is 0. The topological polar surface area (TPSA) is 112 Å². The van der Waals surface area contributed by atoms with E-state index in [0.29, 0.717) is 0 Å². The first-order chi connectivity index (χ1) is 5.00. The van der Waals surface area contributed by atoms with Gasteiger partial charge in [-0.2, -0.15) is 0 Å². The third-order valence-corrected chi connectivity index (χ3v) is 0. The SMILES string of the molecule is OBr.[Ca+2].[Ca+2].[O-]Cl.[O-]Cl.[O-]Cl.[O-]Cl. The van der Waals surface area contributed by atoms with Crippen molar-refractivity contribution in [3.63, 3.8) is 0 Å². The van der Waals surface area contributed by atoms with Crippen LogP contribution in [0.4, 0.5) is 0 Å². The van der Waals surface area contributed by atoms with Gasteiger partial charge in [0.2, 0.25) is 0 Å². The van der Waals surface area contributed by atoms with Gasteiger partial charge in [0.1, 0.15) is 0 Å². The zero-order valence-electron chi connectivity index (χ0n) is 5.38. The second kappa shape index (κ2) is 186. The zero-order valence-corrected chi connectivity index (χ0v) is 14.4. The summed E-state index contributed by atoms with van der Waals surface area (Å²) in [6.45, 7) is 0. The molecular weight excluding hydrogens is 382 g/mol. The van der Waals surface area contributed by atoms with E-state index >= 15 is 0 Å². The second-order valence-electron chi connectivity index (χ2n) is 0. The molecule has 0 aromatic carbocycles. The maximum Gasteiger partial charge on any atom is 2.00 e. The van der Waals surface area contributed by atoms with E-state index in [4.69, 9.17) is 22.8 Å². The van der Waals surface area contributed by atoms with Gasteiger partial charge in [-0.1, -0.05) is 0 Å². The van der Waals surface area contributed by atoms with E-state index in [-0.39, 0.29) is 75.5 Å². The molecular formula is HBrCa2Cl4O5. The van der Waals surface area contributed by atoms with Gasteiger partial charge in [0.15, 0.2) is 0 Å². The fraction of sp³-hybridized carbons (Fsp3) is 0. The number of rotatable bonds is 0. The van der Waals surface area contributed by atoms with Crippen LogP contribution in [-0.4, -0.2) is 79.7 Å². The molecule has 0 saturated carbocycles. The number of hydrogen-bond acceptors (Lipinski definition) is 5. The molecule has 0 spiro atoms. The van der Waals surface area contributed by atoms with Crippen LogP contribution in [0.25, 0.3) is 0 Å². The Morgan fingerprint density at radius 3 is 0.583 bits per heavy atom. The fourth-order valence-corrected chi connectivity index (χ4v) is 0. The Morgan fingerprint density at radius 1 is 0.583 bits per heavy atom. The molecule has 0 heterocycles. The summed E-state index contributed by atoms with van der Waals surface area (Å²) < 4.78 is 37.7. The average Bonchev–Trinajstić information content (AvgIpc) is 2.20. The Kier molecular flexibility index (Phi) is 689. The minimum absolute atomic E-state index is 0. The largest absolute Gasteiger partial charge is 2.00 e. The second-order valence-corrected chi connectivity index (χ2v) is 0. The van der Waals surface area contributed by atoms with Crippen molar-refractivity contribution < 1.29 is 22.8 Å².